The Kier molecular flexibility index (Phi) is 4.68. The molecule has 5 nitrogen and oxygen atoms in total. The van der Waals surface area contributed by atoms with Gasteiger partial charge in [-0.15, -0.1) is 0 Å². The second kappa shape index (κ2) is 7.43. The van der Waals surface area contributed by atoms with Crippen molar-refractivity contribution in [2.75, 3.05) is 6.54 Å². The van der Waals surface area contributed by atoms with E-state index >= 15 is 0 Å². The Bertz CT molecular complexity index is 1070. The average molecular weight is 358 g/mol. The predicted molar refractivity (Wildman–Crippen MR) is 103 cm³/mol. The van der Waals surface area contributed by atoms with Crippen LogP contribution in [0.5, 0.6) is 0 Å². The zero-order chi connectivity index (χ0) is 18.6. The maximum absolute atomic E-state index is 12.3. The number of aromatic nitrogens is 1. The molecular formula is C22H18N2O3. The molecule has 0 aliphatic carbocycles. The van der Waals surface area contributed by atoms with Crippen molar-refractivity contribution < 1.29 is 14.4 Å². The first-order valence-corrected chi connectivity index (χ1v) is 8.68. The van der Waals surface area contributed by atoms with Gasteiger partial charge >= 0.3 is 0 Å². The second-order valence-electron chi connectivity index (χ2n) is 6.24. The fourth-order valence-corrected chi connectivity index (χ4v) is 3.05. The van der Waals surface area contributed by atoms with Gasteiger partial charge < -0.3 is 14.9 Å². The summed E-state index contributed by atoms with van der Waals surface area (Å²) in [5, 5.41) is 19.1. The van der Waals surface area contributed by atoms with E-state index in [1.807, 2.05) is 72.8 Å². The van der Waals surface area contributed by atoms with Gasteiger partial charge in [0, 0.05) is 18.2 Å². The van der Waals surface area contributed by atoms with Crippen molar-refractivity contribution in [3.05, 3.63) is 90.1 Å². The molecule has 4 rings (SSSR count). The Morgan fingerprint density at radius 2 is 1.74 bits per heavy atom. The summed E-state index contributed by atoms with van der Waals surface area (Å²) in [4.78, 5) is 12.3. The van der Waals surface area contributed by atoms with Crippen LogP contribution >= 0.6 is 0 Å². The molecule has 1 unspecified atom stereocenters. The minimum atomic E-state index is -0.819. The fraction of sp³-hybridized carbons (Fsp3) is 0.0909. The van der Waals surface area contributed by atoms with Crippen LogP contribution in [0.15, 0.2) is 83.4 Å². The summed E-state index contributed by atoms with van der Waals surface area (Å²) in [6.45, 7) is 0.0837. The van der Waals surface area contributed by atoms with Crippen molar-refractivity contribution in [2.24, 2.45) is 0 Å². The molecule has 2 N–H and O–H groups in total. The third kappa shape index (κ3) is 3.59. The van der Waals surface area contributed by atoms with Gasteiger partial charge in [0.05, 0.1) is 6.10 Å². The van der Waals surface area contributed by atoms with Crippen LogP contribution in [0.25, 0.3) is 22.1 Å². The zero-order valence-electron chi connectivity index (χ0n) is 14.5. The largest absolute Gasteiger partial charge is 0.387 e. The van der Waals surface area contributed by atoms with Gasteiger partial charge in [-0.2, -0.15) is 0 Å². The van der Waals surface area contributed by atoms with Crippen LogP contribution in [-0.4, -0.2) is 22.7 Å². The van der Waals surface area contributed by atoms with Crippen molar-refractivity contribution in [3.8, 4) is 11.3 Å². The van der Waals surface area contributed by atoms with E-state index in [1.165, 1.54) is 0 Å². The molecule has 1 amide bonds. The van der Waals surface area contributed by atoms with Crippen LogP contribution in [0.3, 0.4) is 0 Å². The molecule has 0 bridgehead atoms. The van der Waals surface area contributed by atoms with Gasteiger partial charge in [0.1, 0.15) is 0 Å². The number of nitrogens with one attached hydrogen (secondary N) is 1. The number of rotatable bonds is 5. The average Bonchev–Trinajstić information content (AvgIpc) is 3.22. The molecule has 134 valence electrons. The Morgan fingerprint density at radius 3 is 2.59 bits per heavy atom. The van der Waals surface area contributed by atoms with Gasteiger partial charge in [-0.1, -0.05) is 78.0 Å². The van der Waals surface area contributed by atoms with Gasteiger partial charge in [0.2, 0.25) is 0 Å². The van der Waals surface area contributed by atoms with Crippen LogP contribution in [-0.2, 0) is 0 Å². The highest BCUT2D eigenvalue weighted by Gasteiger charge is 2.16. The number of amides is 1. The monoisotopic (exact) mass is 358 g/mol. The lowest BCUT2D eigenvalue weighted by atomic mass is 10.0. The van der Waals surface area contributed by atoms with Crippen LogP contribution in [0.1, 0.15) is 22.2 Å². The molecule has 4 aromatic rings. The lowest BCUT2D eigenvalue weighted by molar-refractivity contribution is 0.0908. The van der Waals surface area contributed by atoms with Crippen molar-refractivity contribution in [3.63, 3.8) is 0 Å². The standard InChI is InChI=1S/C22H18N2O3/c25-20(18-12-6-10-15-7-4-5-11-17(15)18)14-23-22(26)19-13-21(27-24-19)16-8-2-1-3-9-16/h1-13,20,25H,14H2,(H,23,26). The molecule has 0 aliphatic heterocycles. The summed E-state index contributed by atoms with van der Waals surface area (Å²) in [5.41, 5.74) is 1.80. The molecule has 0 radical (unpaired) electrons. The number of hydrogen-bond acceptors (Lipinski definition) is 4. The summed E-state index contributed by atoms with van der Waals surface area (Å²) in [6.07, 6.45) is -0.819. The number of fused-ring (bicyclic) bond motifs is 1. The molecule has 0 fully saturated rings. The molecule has 0 aliphatic rings. The first-order valence-electron chi connectivity index (χ1n) is 8.68. The van der Waals surface area contributed by atoms with E-state index in [-0.39, 0.29) is 18.1 Å². The Morgan fingerprint density at radius 1 is 1.00 bits per heavy atom. The quantitative estimate of drug-likeness (QED) is 0.566. The van der Waals surface area contributed by atoms with Gasteiger partial charge in [0.15, 0.2) is 11.5 Å². The SMILES string of the molecule is O=C(NCC(O)c1cccc2ccccc12)c1cc(-c2ccccc2)on1. The van der Waals surface area contributed by atoms with E-state index in [4.69, 9.17) is 4.52 Å². The minimum absolute atomic E-state index is 0.0837. The van der Waals surface area contributed by atoms with Crippen LogP contribution < -0.4 is 5.32 Å². The first-order chi connectivity index (χ1) is 13.2. The smallest absolute Gasteiger partial charge is 0.273 e. The third-order valence-electron chi connectivity index (χ3n) is 4.44. The molecule has 3 aromatic carbocycles. The number of nitrogens with zero attached hydrogens (tertiary/aromatic N) is 1. The normalized spacial score (nSPS) is 12.0. The highest BCUT2D eigenvalue weighted by Crippen LogP contribution is 2.24. The van der Waals surface area contributed by atoms with E-state index < -0.39 is 6.10 Å². The highest BCUT2D eigenvalue weighted by atomic mass is 16.5. The van der Waals surface area contributed by atoms with Gasteiger partial charge in [-0.3, -0.25) is 4.79 Å². The van der Waals surface area contributed by atoms with E-state index in [9.17, 15) is 9.90 Å². The van der Waals surface area contributed by atoms with Gasteiger partial charge in [-0.05, 0) is 16.3 Å². The minimum Gasteiger partial charge on any atom is -0.387 e. The lowest BCUT2D eigenvalue weighted by Crippen LogP contribution is -2.28. The van der Waals surface area contributed by atoms with E-state index in [2.05, 4.69) is 10.5 Å². The van der Waals surface area contributed by atoms with Crippen molar-refractivity contribution in [2.45, 2.75) is 6.10 Å². The Labute approximate surface area is 156 Å². The number of aliphatic hydroxyl groups excluding tert-OH is 1. The fourth-order valence-electron chi connectivity index (χ4n) is 3.05. The third-order valence-corrected chi connectivity index (χ3v) is 4.44. The Hall–Kier alpha value is -3.44. The molecule has 0 saturated carbocycles. The van der Waals surface area contributed by atoms with E-state index in [0.717, 1.165) is 21.9 Å². The summed E-state index contributed by atoms with van der Waals surface area (Å²) in [6, 6.07) is 24.6. The van der Waals surface area contributed by atoms with Crippen molar-refractivity contribution in [1.82, 2.24) is 10.5 Å². The number of carbonyl (C=O) groups is 1. The van der Waals surface area contributed by atoms with Crippen molar-refractivity contribution >= 4 is 16.7 Å². The zero-order valence-corrected chi connectivity index (χ0v) is 14.5. The molecule has 0 spiro atoms. The van der Waals surface area contributed by atoms with Crippen LogP contribution in [0, 0.1) is 0 Å². The van der Waals surface area contributed by atoms with Crippen LogP contribution in [0.2, 0.25) is 0 Å². The predicted octanol–water partition coefficient (Wildman–Crippen LogP) is 3.96. The highest BCUT2D eigenvalue weighted by molar-refractivity contribution is 5.93. The lowest BCUT2D eigenvalue weighted by Gasteiger charge is -2.14. The van der Waals surface area contributed by atoms with E-state index in [1.54, 1.807) is 6.07 Å². The molecule has 0 saturated heterocycles. The molecule has 1 aromatic heterocycles. The van der Waals surface area contributed by atoms with Crippen LogP contribution in [0.4, 0.5) is 0 Å². The maximum Gasteiger partial charge on any atom is 0.273 e. The molecular weight excluding hydrogens is 340 g/mol. The number of aliphatic hydroxyl groups is 1. The van der Waals surface area contributed by atoms with Gasteiger partial charge in [0.25, 0.3) is 5.91 Å². The molecule has 1 atom stereocenters. The topological polar surface area (TPSA) is 75.4 Å². The van der Waals surface area contributed by atoms with Crippen molar-refractivity contribution in [1.29, 1.82) is 0 Å². The number of carbonyl (C=O) groups excluding carboxylic acids is 1. The Balaban J connectivity index is 1.45. The summed E-state index contributed by atoms with van der Waals surface area (Å²) < 4.78 is 5.25. The first kappa shape index (κ1) is 17.0. The summed E-state index contributed by atoms with van der Waals surface area (Å²) >= 11 is 0. The number of benzene rings is 3. The molecule has 5 heteroatoms. The van der Waals surface area contributed by atoms with E-state index in [0.29, 0.717) is 5.76 Å². The maximum atomic E-state index is 12.3. The summed E-state index contributed by atoms with van der Waals surface area (Å²) in [5.74, 6) is 0.135. The van der Waals surface area contributed by atoms with Gasteiger partial charge in [-0.25, -0.2) is 0 Å². The second-order valence-corrected chi connectivity index (χ2v) is 6.24. The number of hydrogen-bond donors (Lipinski definition) is 2. The molecule has 27 heavy (non-hydrogen) atoms. The summed E-state index contributed by atoms with van der Waals surface area (Å²) in [7, 11) is 0. The molecule has 1 heterocycles.